The summed E-state index contributed by atoms with van der Waals surface area (Å²) >= 11 is 0. The first kappa shape index (κ1) is 33.4. The fraction of sp³-hybridized carbons (Fsp3) is 0.0370. The normalized spacial score (nSPS) is 12.7. The van der Waals surface area contributed by atoms with Crippen LogP contribution in [0.3, 0.4) is 0 Å². The number of para-hydroxylation sites is 2. The van der Waals surface area contributed by atoms with Crippen LogP contribution < -0.4 is 4.90 Å². The first-order valence-corrected chi connectivity index (χ1v) is 19.5. The maximum absolute atomic E-state index is 2.40. The summed E-state index contributed by atoms with van der Waals surface area (Å²) in [7, 11) is 0. The van der Waals surface area contributed by atoms with Gasteiger partial charge < -0.3 is 9.47 Å². The highest BCUT2D eigenvalue weighted by atomic mass is 15.1. The van der Waals surface area contributed by atoms with Crippen LogP contribution in [0.2, 0.25) is 0 Å². The van der Waals surface area contributed by atoms with Crippen molar-refractivity contribution >= 4 is 38.8 Å². The lowest BCUT2D eigenvalue weighted by Crippen LogP contribution is -2.17. The van der Waals surface area contributed by atoms with E-state index in [1.807, 2.05) is 0 Å². The molecule has 2 nitrogen and oxygen atoms in total. The first-order valence-electron chi connectivity index (χ1n) is 19.5. The Morgan fingerprint density at radius 1 is 0.339 bits per heavy atom. The van der Waals surface area contributed by atoms with Crippen molar-refractivity contribution in [3.63, 3.8) is 0 Å². The Balaban J connectivity index is 0.967. The molecule has 56 heavy (non-hydrogen) atoms. The van der Waals surface area contributed by atoms with E-state index in [0.717, 1.165) is 12.8 Å². The van der Waals surface area contributed by atoms with Crippen LogP contribution in [-0.4, -0.2) is 4.57 Å². The zero-order valence-corrected chi connectivity index (χ0v) is 31.1. The van der Waals surface area contributed by atoms with E-state index in [9.17, 15) is 0 Å². The van der Waals surface area contributed by atoms with Gasteiger partial charge in [-0.15, -0.1) is 0 Å². The summed E-state index contributed by atoms with van der Waals surface area (Å²) in [6.07, 6.45) is 6.56. The van der Waals surface area contributed by atoms with Crippen LogP contribution in [0, 0.1) is 0 Å². The third-order valence-electron chi connectivity index (χ3n) is 11.1. The van der Waals surface area contributed by atoms with Gasteiger partial charge in [-0.25, -0.2) is 0 Å². The zero-order valence-electron chi connectivity index (χ0n) is 31.1. The van der Waals surface area contributed by atoms with Crippen LogP contribution in [0.1, 0.15) is 18.4 Å². The molecule has 0 amide bonds. The van der Waals surface area contributed by atoms with E-state index in [2.05, 4.69) is 228 Å². The zero-order chi connectivity index (χ0) is 37.3. The molecule has 10 rings (SSSR count). The number of rotatable bonds is 8. The SMILES string of the molecule is C1=C(c2ccc(-c3ccc4c(c3)c3cc(-c5ccccc5)ccc3n4-c3ccccc3)cc2)CCC(N(c2ccccc2)c2ccc(-c3ccccc3)cc2)=C1. The Morgan fingerprint density at radius 3 is 1.32 bits per heavy atom. The highest BCUT2D eigenvalue weighted by molar-refractivity contribution is 6.11. The molecule has 0 aliphatic heterocycles. The summed E-state index contributed by atoms with van der Waals surface area (Å²) in [5.74, 6) is 0. The van der Waals surface area contributed by atoms with Crippen LogP contribution in [0.4, 0.5) is 11.4 Å². The third kappa shape index (κ3) is 6.32. The molecule has 1 aliphatic carbocycles. The molecule has 0 saturated heterocycles. The lowest BCUT2D eigenvalue weighted by Gasteiger charge is -2.30. The minimum atomic E-state index is 0.954. The fourth-order valence-electron chi connectivity index (χ4n) is 8.29. The van der Waals surface area contributed by atoms with Crippen molar-refractivity contribution < 1.29 is 0 Å². The average Bonchev–Trinajstić information content (AvgIpc) is 3.61. The molecular weight excluding hydrogens is 677 g/mol. The summed E-state index contributed by atoms with van der Waals surface area (Å²) in [5.41, 5.74) is 17.2. The molecule has 1 aromatic heterocycles. The minimum absolute atomic E-state index is 0.954. The van der Waals surface area contributed by atoms with Crippen molar-refractivity contribution in [2.45, 2.75) is 12.8 Å². The molecule has 0 bridgehead atoms. The van der Waals surface area contributed by atoms with Crippen molar-refractivity contribution in [2.75, 3.05) is 4.90 Å². The molecular formula is C54H40N2. The van der Waals surface area contributed by atoms with Gasteiger partial charge in [-0.3, -0.25) is 0 Å². The number of fused-ring (bicyclic) bond motifs is 3. The van der Waals surface area contributed by atoms with Gasteiger partial charge in [0.2, 0.25) is 0 Å². The molecule has 0 spiro atoms. The molecule has 8 aromatic carbocycles. The molecule has 0 atom stereocenters. The second-order valence-corrected chi connectivity index (χ2v) is 14.5. The van der Waals surface area contributed by atoms with Gasteiger partial charge in [-0.2, -0.15) is 0 Å². The Kier molecular flexibility index (Phi) is 8.70. The second kappa shape index (κ2) is 14.6. The first-order chi connectivity index (χ1) is 27.8. The third-order valence-corrected chi connectivity index (χ3v) is 11.1. The van der Waals surface area contributed by atoms with Crippen molar-refractivity contribution in [3.8, 4) is 39.1 Å². The molecule has 1 heterocycles. The van der Waals surface area contributed by atoms with Gasteiger partial charge in [0.25, 0.3) is 0 Å². The quantitative estimate of drug-likeness (QED) is 0.152. The van der Waals surface area contributed by atoms with Crippen LogP contribution >= 0.6 is 0 Å². The Labute approximate surface area is 328 Å². The Morgan fingerprint density at radius 2 is 0.768 bits per heavy atom. The summed E-state index contributed by atoms with van der Waals surface area (Å²) in [4.78, 5) is 2.40. The predicted octanol–water partition coefficient (Wildman–Crippen LogP) is 14.7. The topological polar surface area (TPSA) is 8.17 Å². The van der Waals surface area contributed by atoms with Gasteiger partial charge in [0.1, 0.15) is 0 Å². The largest absolute Gasteiger partial charge is 0.314 e. The highest BCUT2D eigenvalue weighted by Crippen LogP contribution is 2.39. The number of benzene rings is 8. The Hall–Kier alpha value is -7.16. The molecule has 1 aliphatic rings. The number of hydrogen-bond donors (Lipinski definition) is 0. The number of anilines is 2. The van der Waals surface area contributed by atoms with Gasteiger partial charge in [0.05, 0.1) is 11.0 Å². The van der Waals surface area contributed by atoms with Crippen molar-refractivity contribution in [2.24, 2.45) is 0 Å². The van der Waals surface area contributed by atoms with Crippen molar-refractivity contribution in [1.29, 1.82) is 0 Å². The summed E-state index contributed by atoms with van der Waals surface area (Å²) < 4.78 is 2.39. The molecule has 2 heteroatoms. The van der Waals surface area contributed by atoms with E-state index in [-0.39, 0.29) is 0 Å². The molecule has 0 unspecified atom stereocenters. The van der Waals surface area contributed by atoms with E-state index in [1.54, 1.807) is 0 Å². The number of aromatic nitrogens is 1. The minimum Gasteiger partial charge on any atom is -0.314 e. The predicted molar refractivity (Wildman–Crippen MR) is 237 cm³/mol. The molecule has 0 saturated carbocycles. The van der Waals surface area contributed by atoms with Gasteiger partial charge >= 0.3 is 0 Å². The fourth-order valence-corrected chi connectivity index (χ4v) is 8.29. The molecule has 0 fully saturated rings. The van der Waals surface area contributed by atoms with Crippen molar-refractivity contribution in [3.05, 3.63) is 230 Å². The molecule has 9 aromatic rings. The summed E-state index contributed by atoms with van der Waals surface area (Å²) in [6.45, 7) is 0. The second-order valence-electron chi connectivity index (χ2n) is 14.5. The van der Waals surface area contributed by atoms with Crippen LogP contribution in [0.25, 0.3) is 66.4 Å². The van der Waals surface area contributed by atoms with Gasteiger partial charge in [-0.1, -0.05) is 152 Å². The van der Waals surface area contributed by atoms with E-state index >= 15 is 0 Å². The van der Waals surface area contributed by atoms with Crippen LogP contribution in [0.5, 0.6) is 0 Å². The van der Waals surface area contributed by atoms with E-state index in [4.69, 9.17) is 0 Å². The lowest BCUT2D eigenvalue weighted by atomic mass is 9.93. The number of nitrogens with zero attached hydrogens (tertiary/aromatic N) is 2. The molecule has 0 radical (unpaired) electrons. The monoisotopic (exact) mass is 716 g/mol. The smallest absolute Gasteiger partial charge is 0.0541 e. The number of hydrogen-bond acceptors (Lipinski definition) is 1. The van der Waals surface area contributed by atoms with E-state index < -0.39 is 0 Å². The van der Waals surface area contributed by atoms with E-state index in [1.165, 1.54) is 89.1 Å². The number of allylic oxidation sites excluding steroid dienone is 4. The highest BCUT2D eigenvalue weighted by Gasteiger charge is 2.19. The van der Waals surface area contributed by atoms with Crippen molar-refractivity contribution in [1.82, 2.24) is 4.57 Å². The van der Waals surface area contributed by atoms with Crippen LogP contribution in [0.15, 0.2) is 224 Å². The molecule has 0 N–H and O–H groups in total. The van der Waals surface area contributed by atoms with Crippen LogP contribution in [-0.2, 0) is 0 Å². The standard InChI is InChI=1S/C54H40N2/c1-5-13-39(14-6-1)42-25-31-49(32-26-42)55(47-17-9-3-10-18-47)50-33-27-43(28-34-50)41-21-23-44(24-22-41)46-30-36-54-52(38-46)51-37-45(40-15-7-2-8-16-40)29-35-53(51)56(54)48-19-11-4-12-20-48/h1-27,29-33,35-38H,28,34H2. The molecule has 266 valence electrons. The lowest BCUT2D eigenvalue weighted by molar-refractivity contribution is 0.930. The summed E-state index contributed by atoms with van der Waals surface area (Å²) in [6, 6.07) is 74.6. The summed E-state index contributed by atoms with van der Waals surface area (Å²) in [5, 5.41) is 2.52. The average molecular weight is 717 g/mol. The maximum Gasteiger partial charge on any atom is 0.0541 e. The van der Waals surface area contributed by atoms with E-state index in [0.29, 0.717) is 0 Å². The van der Waals surface area contributed by atoms with Gasteiger partial charge in [-0.05, 0) is 124 Å². The van der Waals surface area contributed by atoms with Gasteiger partial charge in [0, 0.05) is 33.5 Å². The Bertz CT molecular complexity index is 2850. The van der Waals surface area contributed by atoms with Gasteiger partial charge in [0.15, 0.2) is 0 Å². The maximum atomic E-state index is 2.40.